The first kappa shape index (κ1) is 15.2. The van der Waals surface area contributed by atoms with Gasteiger partial charge in [-0.2, -0.15) is 0 Å². The van der Waals surface area contributed by atoms with Crippen LogP contribution in [-0.4, -0.2) is 14.3 Å². The molecule has 18 heavy (non-hydrogen) atoms. The van der Waals surface area contributed by atoms with Gasteiger partial charge in [0.2, 0.25) is 15.9 Å². The fourth-order valence-electron chi connectivity index (χ4n) is 1.33. The molecule has 0 atom stereocenters. The third kappa shape index (κ3) is 3.14. The van der Waals surface area contributed by atoms with E-state index in [1.54, 1.807) is 6.92 Å². The lowest BCUT2D eigenvalue weighted by atomic mass is 10.2. The number of rotatable bonds is 3. The summed E-state index contributed by atoms with van der Waals surface area (Å²) in [5, 5.41) is 7.64. The summed E-state index contributed by atoms with van der Waals surface area (Å²) in [5.41, 5.74) is 0.435. The zero-order chi connectivity index (χ0) is 14.1. The largest absolute Gasteiger partial charge is 0.324 e. The maximum absolute atomic E-state index is 11.3. The molecule has 100 valence electrons. The lowest BCUT2D eigenvalue weighted by Gasteiger charge is -2.13. The van der Waals surface area contributed by atoms with Crippen LogP contribution in [0.1, 0.15) is 18.9 Å². The van der Waals surface area contributed by atoms with Gasteiger partial charge in [0.15, 0.2) is 0 Å². The normalized spacial score (nSPS) is 11.4. The molecule has 1 rings (SSSR count). The fraction of sp³-hybridized carbons (Fsp3) is 0.300. The summed E-state index contributed by atoms with van der Waals surface area (Å²) in [6.07, 6.45) is 0.253. The number of primary sulfonamides is 1. The predicted molar refractivity (Wildman–Crippen MR) is 71.5 cm³/mol. The number of sulfonamides is 1. The number of nitrogens with two attached hydrogens (primary N) is 1. The Morgan fingerprint density at radius 2 is 2.00 bits per heavy atom. The van der Waals surface area contributed by atoms with Gasteiger partial charge in [0.05, 0.1) is 20.6 Å². The molecule has 1 aromatic rings. The predicted octanol–water partition coefficient (Wildman–Crippen LogP) is 2.30. The molecular formula is C10H12Cl2N2O3S. The maximum Gasteiger partial charge on any atom is 0.238 e. The summed E-state index contributed by atoms with van der Waals surface area (Å²) >= 11 is 11.9. The van der Waals surface area contributed by atoms with Gasteiger partial charge in [0.25, 0.3) is 0 Å². The van der Waals surface area contributed by atoms with Crippen LogP contribution in [-0.2, 0) is 14.8 Å². The minimum absolute atomic E-state index is 0.0245. The molecule has 0 radical (unpaired) electrons. The van der Waals surface area contributed by atoms with Crippen molar-refractivity contribution in [3.8, 4) is 0 Å². The SMILES string of the molecule is CCC(=O)Nc1c(Cl)cc(S(N)(=O)=O)c(C)c1Cl. The average molecular weight is 311 g/mol. The molecular weight excluding hydrogens is 299 g/mol. The molecule has 0 saturated carbocycles. The molecule has 0 heterocycles. The number of carbonyl (C=O) groups is 1. The van der Waals surface area contributed by atoms with Gasteiger partial charge in [-0.25, -0.2) is 13.6 Å². The molecule has 0 spiro atoms. The molecule has 0 aliphatic carbocycles. The third-order valence-corrected chi connectivity index (χ3v) is 4.11. The Bertz CT molecular complexity index is 600. The van der Waals surface area contributed by atoms with E-state index in [0.29, 0.717) is 0 Å². The Morgan fingerprint density at radius 1 is 1.44 bits per heavy atom. The number of anilines is 1. The first-order valence-corrected chi connectivity index (χ1v) is 7.30. The summed E-state index contributed by atoms with van der Waals surface area (Å²) in [7, 11) is -3.91. The second kappa shape index (κ2) is 5.44. The first-order valence-electron chi connectivity index (χ1n) is 4.99. The Balaban J connectivity index is 3.43. The molecule has 5 nitrogen and oxygen atoms in total. The van der Waals surface area contributed by atoms with Crippen LogP contribution in [0, 0.1) is 6.92 Å². The summed E-state index contributed by atoms with van der Waals surface area (Å²) in [4.78, 5) is 11.1. The van der Waals surface area contributed by atoms with Gasteiger partial charge in [0.1, 0.15) is 0 Å². The molecule has 8 heteroatoms. The van der Waals surface area contributed by atoms with Gasteiger partial charge >= 0.3 is 0 Å². The van der Waals surface area contributed by atoms with Gasteiger partial charge < -0.3 is 5.32 Å². The van der Waals surface area contributed by atoms with E-state index in [-0.39, 0.29) is 38.5 Å². The van der Waals surface area contributed by atoms with E-state index in [1.165, 1.54) is 13.0 Å². The van der Waals surface area contributed by atoms with Crippen LogP contribution < -0.4 is 10.5 Å². The van der Waals surface area contributed by atoms with Crippen LogP contribution in [0.3, 0.4) is 0 Å². The van der Waals surface area contributed by atoms with Crippen molar-refractivity contribution in [3.63, 3.8) is 0 Å². The van der Waals surface area contributed by atoms with Crippen LogP contribution in [0.25, 0.3) is 0 Å². The first-order chi connectivity index (χ1) is 8.18. The summed E-state index contributed by atoms with van der Waals surface area (Å²) in [6.45, 7) is 3.16. The van der Waals surface area contributed by atoms with Crippen LogP contribution in [0.4, 0.5) is 5.69 Å². The Hall–Kier alpha value is -0.820. The molecule has 0 saturated heterocycles. The van der Waals surface area contributed by atoms with Crippen molar-refractivity contribution in [1.29, 1.82) is 0 Å². The van der Waals surface area contributed by atoms with Gasteiger partial charge in [-0.1, -0.05) is 30.1 Å². The molecule has 1 amide bonds. The minimum Gasteiger partial charge on any atom is -0.324 e. The number of carbonyl (C=O) groups excluding carboxylic acids is 1. The Kier molecular flexibility index (Phi) is 4.61. The molecule has 0 aliphatic heterocycles. The van der Waals surface area contributed by atoms with Crippen molar-refractivity contribution < 1.29 is 13.2 Å². The lowest BCUT2D eigenvalue weighted by molar-refractivity contribution is -0.115. The van der Waals surface area contributed by atoms with Gasteiger partial charge in [-0.15, -0.1) is 0 Å². The van der Waals surface area contributed by atoms with Crippen molar-refractivity contribution in [2.75, 3.05) is 5.32 Å². The van der Waals surface area contributed by atoms with Gasteiger partial charge in [0, 0.05) is 6.42 Å². The number of nitrogens with one attached hydrogen (secondary N) is 1. The van der Waals surface area contributed by atoms with Crippen LogP contribution in [0.2, 0.25) is 10.0 Å². The number of amides is 1. The standard InChI is InChI=1S/C10H12Cl2N2O3S/c1-3-8(15)14-10-6(11)4-7(18(13,16)17)5(2)9(10)12/h4H,3H2,1-2H3,(H,14,15)(H2,13,16,17). The molecule has 1 aromatic carbocycles. The monoisotopic (exact) mass is 310 g/mol. The highest BCUT2D eigenvalue weighted by Crippen LogP contribution is 2.36. The van der Waals surface area contributed by atoms with Crippen molar-refractivity contribution >= 4 is 44.8 Å². The number of benzene rings is 1. The summed E-state index contributed by atoms with van der Waals surface area (Å²) in [6, 6.07) is 1.17. The van der Waals surface area contributed by atoms with Crippen LogP contribution >= 0.6 is 23.2 Å². The average Bonchev–Trinajstić information content (AvgIpc) is 2.27. The van der Waals surface area contributed by atoms with E-state index < -0.39 is 10.0 Å². The molecule has 0 aliphatic rings. The zero-order valence-corrected chi connectivity index (χ0v) is 12.1. The zero-order valence-electron chi connectivity index (χ0n) is 9.75. The van der Waals surface area contributed by atoms with E-state index >= 15 is 0 Å². The fourth-order valence-corrected chi connectivity index (χ4v) is 2.82. The van der Waals surface area contributed by atoms with E-state index in [2.05, 4.69) is 5.32 Å². The molecule has 3 N–H and O–H groups in total. The number of hydrogen-bond donors (Lipinski definition) is 2. The van der Waals surface area contributed by atoms with Crippen molar-refractivity contribution in [2.45, 2.75) is 25.2 Å². The Labute approximate surface area is 115 Å². The second-order valence-corrected chi connectivity index (χ2v) is 5.93. The molecule has 0 fully saturated rings. The quantitative estimate of drug-likeness (QED) is 0.897. The van der Waals surface area contributed by atoms with E-state index in [1.807, 2.05) is 0 Å². The highest BCUT2D eigenvalue weighted by atomic mass is 35.5. The minimum atomic E-state index is -3.91. The molecule has 0 aromatic heterocycles. The number of hydrogen-bond acceptors (Lipinski definition) is 3. The summed E-state index contributed by atoms with van der Waals surface area (Å²) in [5.74, 6) is -0.276. The van der Waals surface area contributed by atoms with Gasteiger partial charge in [-0.05, 0) is 18.6 Å². The maximum atomic E-state index is 11.3. The highest BCUT2D eigenvalue weighted by molar-refractivity contribution is 7.89. The molecule has 0 bridgehead atoms. The van der Waals surface area contributed by atoms with Crippen molar-refractivity contribution in [1.82, 2.24) is 0 Å². The topological polar surface area (TPSA) is 89.3 Å². The lowest BCUT2D eigenvalue weighted by Crippen LogP contribution is -2.16. The third-order valence-electron chi connectivity index (χ3n) is 2.31. The van der Waals surface area contributed by atoms with Crippen LogP contribution in [0.15, 0.2) is 11.0 Å². The smallest absolute Gasteiger partial charge is 0.238 e. The summed E-state index contributed by atoms with van der Waals surface area (Å²) < 4.78 is 22.6. The van der Waals surface area contributed by atoms with E-state index in [0.717, 1.165) is 0 Å². The van der Waals surface area contributed by atoms with Crippen molar-refractivity contribution in [2.24, 2.45) is 5.14 Å². The molecule has 0 unspecified atom stereocenters. The van der Waals surface area contributed by atoms with Crippen molar-refractivity contribution in [3.05, 3.63) is 21.7 Å². The Morgan fingerprint density at radius 3 is 2.44 bits per heavy atom. The second-order valence-electron chi connectivity index (χ2n) is 3.62. The van der Waals surface area contributed by atoms with E-state index in [9.17, 15) is 13.2 Å². The van der Waals surface area contributed by atoms with Gasteiger partial charge in [-0.3, -0.25) is 4.79 Å². The van der Waals surface area contributed by atoms with E-state index in [4.69, 9.17) is 28.3 Å². The highest BCUT2D eigenvalue weighted by Gasteiger charge is 2.20. The number of halogens is 2. The van der Waals surface area contributed by atoms with Crippen LogP contribution in [0.5, 0.6) is 0 Å².